The first-order valence-corrected chi connectivity index (χ1v) is 6.67. The van der Waals surface area contributed by atoms with Gasteiger partial charge in [0.25, 0.3) is 0 Å². The molecular weight excluding hydrogens is 289 g/mol. The Balaban J connectivity index is 1.92. The molecule has 0 radical (unpaired) electrons. The lowest BCUT2D eigenvalue weighted by Gasteiger charge is -2.18. The summed E-state index contributed by atoms with van der Waals surface area (Å²) in [6.07, 6.45) is 1.18. The number of aromatic nitrogens is 2. The van der Waals surface area contributed by atoms with Gasteiger partial charge in [-0.1, -0.05) is 0 Å². The molecule has 0 atom stereocenters. The Labute approximate surface area is 124 Å². The highest BCUT2D eigenvalue weighted by Gasteiger charge is 2.18. The van der Waals surface area contributed by atoms with Crippen molar-refractivity contribution in [2.45, 2.75) is 0 Å². The van der Waals surface area contributed by atoms with Crippen LogP contribution in [0.15, 0.2) is 41.7 Å². The zero-order valence-corrected chi connectivity index (χ0v) is 11.3. The summed E-state index contributed by atoms with van der Waals surface area (Å²) in [7, 11) is 0. The molecule has 1 aliphatic rings. The van der Waals surface area contributed by atoms with Crippen LogP contribution < -0.4 is 9.47 Å². The maximum absolute atomic E-state index is 13.4. The van der Waals surface area contributed by atoms with Crippen molar-refractivity contribution in [1.29, 1.82) is 0 Å². The molecule has 0 amide bonds. The molecule has 0 N–H and O–H groups in total. The van der Waals surface area contributed by atoms with E-state index in [-0.39, 0.29) is 5.82 Å². The van der Waals surface area contributed by atoms with Crippen LogP contribution in [0.5, 0.6) is 11.5 Å². The first-order chi connectivity index (χ1) is 10.8. The largest absolute Gasteiger partial charge is 0.486 e. The summed E-state index contributed by atoms with van der Waals surface area (Å²) in [5, 5.41) is 3.00. The Hall–Kier alpha value is -2.96. The smallest absolute Gasteiger partial charge is 0.209 e. The molecule has 0 saturated heterocycles. The molecule has 0 bridgehead atoms. The molecule has 0 spiro atoms. The molecule has 3 heterocycles. The predicted molar refractivity (Wildman–Crippen MR) is 77.0 cm³/mol. The van der Waals surface area contributed by atoms with Gasteiger partial charge in [-0.05, 0) is 35.5 Å². The lowest BCUT2D eigenvalue weighted by atomic mass is 10.1. The zero-order valence-electron chi connectivity index (χ0n) is 11.3. The summed E-state index contributed by atoms with van der Waals surface area (Å²) in [6.45, 7) is 0.965. The lowest BCUT2D eigenvalue weighted by molar-refractivity contribution is 0.171. The molecule has 22 heavy (non-hydrogen) atoms. The second-order valence-electron chi connectivity index (χ2n) is 4.81. The normalized spacial score (nSPS) is 13.3. The van der Waals surface area contributed by atoms with Crippen molar-refractivity contribution in [2.24, 2.45) is 5.18 Å². The molecule has 1 aromatic carbocycles. The van der Waals surface area contributed by atoms with Crippen LogP contribution in [0.3, 0.4) is 0 Å². The molecule has 4 rings (SSSR count). The topological polar surface area (TPSA) is 65.2 Å². The Bertz CT molecular complexity index is 891. The number of benzene rings is 1. The van der Waals surface area contributed by atoms with E-state index in [1.807, 2.05) is 0 Å². The van der Waals surface area contributed by atoms with Crippen LogP contribution in [0.2, 0.25) is 0 Å². The van der Waals surface area contributed by atoms with Crippen LogP contribution in [0.25, 0.3) is 16.9 Å². The third-order valence-electron chi connectivity index (χ3n) is 3.46. The fourth-order valence-corrected chi connectivity index (χ4v) is 2.48. The van der Waals surface area contributed by atoms with Crippen molar-refractivity contribution in [2.75, 3.05) is 13.2 Å². The van der Waals surface area contributed by atoms with Gasteiger partial charge in [0.15, 0.2) is 11.5 Å². The molecule has 6 nitrogen and oxygen atoms in total. The second kappa shape index (κ2) is 4.80. The van der Waals surface area contributed by atoms with E-state index in [9.17, 15) is 9.30 Å². The molecular formula is C15H10FN3O3. The first kappa shape index (κ1) is 12.8. The standard InChI is InChI=1S/C15H10FN3O3/c16-10-2-4-13-17-14(15(18-20)19(13)8-10)9-1-3-11-12(7-9)22-6-5-21-11/h1-4,7-8H,5-6H2. The van der Waals surface area contributed by atoms with E-state index in [1.165, 1.54) is 22.7 Å². The maximum atomic E-state index is 13.4. The second-order valence-corrected chi connectivity index (χ2v) is 4.81. The molecule has 2 aromatic heterocycles. The van der Waals surface area contributed by atoms with Crippen molar-refractivity contribution in [1.82, 2.24) is 9.38 Å². The van der Waals surface area contributed by atoms with Gasteiger partial charge in [-0.3, -0.25) is 4.40 Å². The van der Waals surface area contributed by atoms with Gasteiger partial charge in [0.2, 0.25) is 5.82 Å². The summed E-state index contributed by atoms with van der Waals surface area (Å²) in [5.74, 6) is 0.809. The van der Waals surface area contributed by atoms with Gasteiger partial charge in [-0.15, -0.1) is 4.91 Å². The number of pyridine rings is 1. The summed E-state index contributed by atoms with van der Waals surface area (Å²) in [6, 6.07) is 8.03. The van der Waals surface area contributed by atoms with Gasteiger partial charge in [-0.25, -0.2) is 9.37 Å². The van der Waals surface area contributed by atoms with Gasteiger partial charge >= 0.3 is 0 Å². The number of nitrogens with zero attached hydrogens (tertiary/aromatic N) is 3. The molecule has 0 fully saturated rings. The highest BCUT2D eigenvalue weighted by molar-refractivity contribution is 5.76. The summed E-state index contributed by atoms with van der Waals surface area (Å²) < 4.78 is 25.7. The van der Waals surface area contributed by atoms with Gasteiger partial charge in [0, 0.05) is 11.8 Å². The van der Waals surface area contributed by atoms with Crippen LogP contribution >= 0.6 is 0 Å². The van der Waals surface area contributed by atoms with Crippen molar-refractivity contribution in [3.63, 3.8) is 0 Å². The van der Waals surface area contributed by atoms with Crippen molar-refractivity contribution < 1.29 is 13.9 Å². The highest BCUT2D eigenvalue weighted by Crippen LogP contribution is 2.37. The molecule has 0 aliphatic carbocycles. The number of hydrogen-bond donors (Lipinski definition) is 0. The van der Waals surface area contributed by atoms with Gasteiger partial charge in [-0.2, -0.15) is 0 Å². The van der Waals surface area contributed by atoms with E-state index in [2.05, 4.69) is 10.2 Å². The van der Waals surface area contributed by atoms with E-state index in [0.717, 1.165) is 0 Å². The Morgan fingerprint density at radius 2 is 1.95 bits per heavy atom. The minimum absolute atomic E-state index is 0.0474. The number of halogens is 1. The average molecular weight is 299 g/mol. The van der Waals surface area contributed by atoms with Crippen LogP contribution in [0.4, 0.5) is 10.2 Å². The van der Waals surface area contributed by atoms with E-state index in [0.29, 0.717) is 41.6 Å². The average Bonchev–Trinajstić information content (AvgIpc) is 2.92. The van der Waals surface area contributed by atoms with E-state index < -0.39 is 5.82 Å². The lowest BCUT2D eigenvalue weighted by Crippen LogP contribution is -2.15. The van der Waals surface area contributed by atoms with Crippen LogP contribution in [-0.4, -0.2) is 22.6 Å². The number of imidazole rings is 1. The van der Waals surface area contributed by atoms with E-state index in [4.69, 9.17) is 9.47 Å². The minimum atomic E-state index is -0.469. The van der Waals surface area contributed by atoms with Crippen molar-refractivity contribution in [3.8, 4) is 22.8 Å². The van der Waals surface area contributed by atoms with Crippen LogP contribution in [0.1, 0.15) is 0 Å². The number of fused-ring (bicyclic) bond motifs is 2. The molecule has 0 saturated carbocycles. The molecule has 0 unspecified atom stereocenters. The quantitative estimate of drug-likeness (QED) is 0.681. The van der Waals surface area contributed by atoms with E-state index >= 15 is 0 Å². The van der Waals surface area contributed by atoms with Gasteiger partial charge in [0.1, 0.15) is 30.4 Å². The number of hydrogen-bond acceptors (Lipinski definition) is 5. The maximum Gasteiger partial charge on any atom is 0.209 e. The zero-order chi connectivity index (χ0) is 15.1. The Kier molecular flexibility index (Phi) is 2.78. The van der Waals surface area contributed by atoms with Crippen molar-refractivity contribution >= 4 is 11.5 Å². The number of ether oxygens (including phenoxy) is 2. The van der Waals surface area contributed by atoms with Gasteiger partial charge < -0.3 is 9.47 Å². The third kappa shape index (κ3) is 1.90. The summed E-state index contributed by atoms with van der Waals surface area (Å²) >= 11 is 0. The fraction of sp³-hybridized carbons (Fsp3) is 0.133. The molecule has 3 aromatic rings. The fourth-order valence-electron chi connectivity index (χ4n) is 2.48. The van der Waals surface area contributed by atoms with Gasteiger partial charge in [0.05, 0.1) is 0 Å². The Morgan fingerprint density at radius 1 is 1.14 bits per heavy atom. The minimum Gasteiger partial charge on any atom is -0.486 e. The predicted octanol–water partition coefficient (Wildman–Crippen LogP) is 3.31. The molecule has 7 heteroatoms. The summed E-state index contributed by atoms with van der Waals surface area (Å²) in [5.41, 5.74) is 1.47. The Morgan fingerprint density at radius 3 is 2.77 bits per heavy atom. The SMILES string of the molecule is O=Nc1c(-c2ccc3c(c2)OCCO3)nc2ccc(F)cn12. The first-order valence-electron chi connectivity index (χ1n) is 6.67. The highest BCUT2D eigenvalue weighted by atomic mass is 19.1. The monoisotopic (exact) mass is 299 g/mol. The molecule has 1 aliphatic heterocycles. The number of nitroso groups, excluding NO2 is 1. The molecule has 110 valence electrons. The van der Waals surface area contributed by atoms with Crippen LogP contribution in [0, 0.1) is 10.7 Å². The van der Waals surface area contributed by atoms with Crippen LogP contribution in [-0.2, 0) is 0 Å². The number of rotatable bonds is 2. The van der Waals surface area contributed by atoms with Crippen molar-refractivity contribution in [3.05, 3.63) is 47.3 Å². The third-order valence-corrected chi connectivity index (χ3v) is 3.46. The van der Waals surface area contributed by atoms with E-state index in [1.54, 1.807) is 18.2 Å². The summed E-state index contributed by atoms with van der Waals surface area (Å²) in [4.78, 5) is 15.5.